The monoisotopic (exact) mass is 414 g/mol. The summed E-state index contributed by atoms with van der Waals surface area (Å²) in [5.41, 5.74) is 2.91. The molecule has 5 heteroatoms. The first kappa shape index (κ1) is 20.8. The van der Waals surface area contributed by atoms with Crippen molar-refractivity contribution in [3.8, 4) is 0 Å². The van der Waals surface area contributed by atoms with Gasteiger partial charge in [0, 0.05) is 17.7 Å². The lowest BCUT2D eigenvalue weighted by atomic mass is 9.93. The third-order valence-corrected chi connectivity index (χ3v) is 5.81. The molecule has 1 aromatic heterocycles. The highest BCUT2D eigenvalue weighted by molar-refractivity contribution is 6.01. The molecule has 1 atom stereocenters. The molecule has 0 saturated carbocycles. The second kappa shape index (κ2) is 9.56. The number of hydrogen-bond donors (Lipinski definition) is 2. The second-order valence-corrected chi connectivity index (χ2v) is 8.00. The first-order valence-electron chi connectivity index (χ1n) is 10.8. The lowest BCUT2D eigenvalue weighted by Gasteiger charge is -2.20. The van der Waals surface area contributed by atoms with Crippen molar-refractivity contribution in [2.75, 3.05) is 0 Å². The van der Waals surface area contributed by atoms with Crippen LogP contribution in [0.4, 0.5) is 0 Å². The number of ketones is 1. The van der Waals surface area contributed by atoms with E-state index in [4.69, 9.17) is 0 Å². The van der Waals surface area contributed by atoms with E-state index in [0.717, 1.165) is 31.2 Å². The van der Waals surface area contributed by atoms with Crippen molar-refractivity contribution in [1.82, 2.24) is 10.3 Å². The fraction of sp³-hybridized carbons (Fsp3) is 0.269. The topological polar surface area (TPSA) is 79.0 Å². The maximum atomic E-state index is 13.0. The minimum Gasteiger partial charge on any atom is -0.345 e. The van der Waals surface area contributed by atoms with Crippen molar-refractivity contribution in [1.29, 1.82) is 0 Å². The number of aromatic nitrogens is 1. The van der Waals surface area contributed by atoms with Gasteiger partial charge in [-0.3, -0.25) is 14.4 Å². The van der Waals surface area contributed by atoms with Crippen molar-refractivity contribution < 1.29 is 9.59 Å². The van der Waals surface area contributed by atoms with Gasteiger partial charge < -0.3 is 10.3 Å². The molecule has 0 aliphatic heterocycles. The number of benzene rings is 2. The Morgan fingerprint density at radius 1 is 0.968 bits per heavy atom. The summed E-state index contributed by atoms with van der Waals surface area (Å²) in [7, 11) is 0. The lowest BCUT2D eigenvalue weighted by molar-refractivity contribution is 0.0932. The van der Waals surface area contributed by atoms with Crippen molar-refractivity contribution in [3.05, 3.63) is 105 Å². The Bertz CT molecular complexity index is 1120. The number of nitrogens with one attached hydrogen (secondary N) is 2. The van der Waals surface area contributed by atoms with E-state index in [1.807, 2.05) is 48.5 Å². The Balaban J connectivity index is 1.52. The van der Waals surface area contributed by atoms with E-state index in [1.54, 1.807) is 0 Å². The molecule has 1 amide bonds. The zero-order valence-electron chi connectivity index (χ0n) is 17.4. The summed E-state index contributed by atoms with van der Waals surface area (Å²) in [6.07, 6.45) is 4.38. The molecule has 31 heavy (non-hydrogen) atoms. The van der Waals surface area contributed by atoms with E-state index in [2.05, 4.69) is 22.4 Å². The van der Waals surface area contributed by atoms with E-state index in [1.165, 1.54) is 11.6 Å². The number of carbonyl (C=O) groups is 2. The number of fused-ring (bicyclic) bond motifs is 1. The van der Waals surface area contributed by atoms with Crippen LogP contribution < -0.4 is 10.9 Å². The number of rotatable bonds is 7. The van der Waals surface area contributed by atoms with Crippen LogP contribution in [-0.2, 0) is 12.8 Å². The molecule has 2 N–H and O–H groups in total. The number of Topliss-reactive ketones (excluding diaryl/α,β-unsaturated/α-hetero) is 1. The fourth-order valence-corrected chi connectivity index (χ4v) is 4.14. The smallest absolute Gasteiger partial charge is 0.261 e. The van der Waals surface area contributed by atoms with Crippen LogP contribution in [0, 0.1) is 0 Å². The molecule has 2 aromatic carbocycles. The van der Waals surface area contributed by atoms with E-state index in [0.29, 0.717) is 24.1 Å². The summed E-state index contributed by atoms with van der Waals surface area (Å²) in [5.74, 6) is -0.468. The summed E-state index contributed by atoms with van der Waals surface area (Å²) in [5, 5.41) is 3.03. The van der Waals surface area contributed by atoms with E-state index in [-0.39, 0.29) is 17.4 Å². The fourth-order valence-electron chi connectivity index (χ4n) is 4.14. The number of aromatic amines is 1. The number of carbonyl (C=O) groups excluding carboxylic acids is 2. The van der Waals surface area contributed by atoms with Crippen LogP contribution in [0.2, 0.25) is 0 Å². The minimum absolute atomic E-state index is 0.00186. The van der Waals surface area contributed by atoms with E-state index >= 15 is 0 Å². The number of aryl methyl sites for hydroxylation is 2. The zero-order valence-corrected chi connectivity index (χ0v) is 17.4. The van der Waals surface area contributed by atoms with Gasteiger partial charge in [0.25, 0.3) is 11.5 Å². The SMILES string of the molecule is O=C1CCCc2[nH]c(=O)c(C(=O)N[C@H](CCCc3ccccc3)c3ccccc3)cc21. The largest absolute Gasteiger partial charge is 0.345 e. The summed E-state index contributed by atoms with van der Waals surface area (Å²) in [4.78, 5) is 40.5. The van der Waals surface area contributed by atoms with Gasteiger partial charge in [-0.15, -0.1) is 0 Å². The van der Waals surface area contributed by atoms with Gasteiger partial charge in [0.1, 0.15) is 5.56 Å². The van der Waals surface area contributed by atoms with Crippen LogP contribution in [0.1, 0.15) is 69.3 Å². The highest BCUT2D eigenvalue weighted by Crippen LogP contribution is 2.22. The Kier molecular flexibility index (Phi) is 6.41. The molecule has 0 spiro atoms. The molecule has 1 aliphatic carbocycles. The van der Waals surface area contributed by atoms with Crippen LogP contribution in [0.25, 0.3) is 0 Å². The first-order chi connectivity index (χ1) is 15.1. The van der Waals surface area contributed by atoms with Gasteiger partial charge in [0.05, 0.1) is 6.04 Å². The summed E-state index contributed by atoms with van der Waals surface area (Å²) < 4.78 is 0. The molecular formula is C26H26N2O3. The molecule has 0 bridgehead atoms. The van der Waals surface area contributed by atoms with Gasteiger partial charge in [-0.25, -0.2) is 0 Å². The Morgan fingerprint density at radius 3 is 2.42 bits per heavy atom. The average molecular weight is 415 g/mol. The van der Waals surface area contributed by atoms with Crippen molar-refractivity contribution in [2.24, 2.45) is 0 Å². The molecule has 5 nitrogen and oxygen atoms in total. The maximum Gasteiger partial charge on any atom is 0.261 e. The third-order valence-electron chi connectivity index (χ3n) is 5.81. The molecular weight excluding hydrogens is 388 g/mol. The molecule has 0 radical (unpaired) electrons. The van der Waals surface area contributed by atoms with Crippen molar-refractivity contribution in [2.45, 2.75) is 44.6 Å². The normalized spacial score (nSPS) is 14.0. The van der Waals surface area contributed by atoms with E-state index in [9.17, 15) is 14.4 Å². The minimum atomic E-state index is -0.448. The quantitative estimate of drug-likeness (QED) is 0.602. The second-order valence-electron chi connectivity index (χ2n) is 8.00. The van der Waals surface area contributed by atoms with Gasteiger partial charge in [0.15, 0.2) is 5.78 Å². The van der Waals surface area contributed by atoms with Crippen LogP contribution in [-0.4, -0.2) is 16.7 Å². The number of amides is 1. The van der Waals surface area contributed by atoms with Gasteiger partial charge >= 0.3 is 0 Å². The van der Waals surface area contributed by atoms with Crippen LogP contribution in [0.15, 0.2) is 71.5 Å². The summed E-state index contributed by atoms with van der Waals surface area (Å²) in [6, 6.07) is 21.3. The Morgan fingerprint density at radius 2 is 1.68 bits per heavy atom. The molecule has 1 heterocycles. The first-order valence-corrected chi connectivity index (χ1v) is 10.8. The van der Waals surface area contributed by atoms with Gasteiger partial charge in [-0.05, 0) is 49.3 Å². The summed E-state index contributed by atoms with van der Waals surface area (Å²) >= 11 is 0. The maximum absolute atomic E-state index is 13.0. The average Bonchev–Trinajstić information content (AvgIpc) is 2.79. The van der Waals surface area contributed by atoms with Crippen molar-refractivity contribution in [3.63, 3.8) is 0 Å². The van der Waals surface area contributed by atoms with Crippen LogP contribution >= 0.6 is 0 Å². The molecule has 3 aromatic rings. The molecule has 4 rings (SSSR count). The molecule has 0 saturated heterocycles. The standard InChI is InChI=1S/C26H26N2O3/c29-24-16-8-15-23-20(24)17-21(26(31)28-23)25(30)27-22(19-12-5-2-6-13-19)14-7-11-18-9-3-1-4-10-18/h1-6,9-10,12-13,17,22H,7-8,11,14-16H2,(H,27,30)(H,28,31)/t22-/m1/s1. The number of pyridine rings is 1. The van der Waals surface area contributed by atoms with Crippen LogP contribution in [0.3, 0.4) is 0 Å². The lowest BCUT2D eigenvalue weighted by Crippen LogP contribution is -2.34. The highest BCUT2D eigenvalue weighted by atomic mass is 16.2. The van der Waals surface area contributed by atoms with Gasteiger partial charge in [-0.2, -0.15) is 0 Å². The number of H-pyrrole nitrogens is 1. The predicted octanol–water partition coefficient (Wildman–Crippen LogP) is 4.39. The van der Waals surface area contributed by atoms with Gasteiger partial charge in [0.2, 0.25) is 0 Å². The van der Waals surface area contributed by atoms with Crippen molar-refractivity contribution >= 4 is 11.7 Å². The Labute approximate surface area is 181 Å². The zero-order chi connectivity index (χ0) is 21.6. The van der Waals surface area contributed by atoms with E-state index < -0.39 is 11.5 Å². The molecule has 1 aliphatic rings. The molecule has 0 fully saturated rings. The highest BCUT2D eigenvalue weighted by Gasteiger charge is 2.23. The Hall–Kier alpha value is -3.47. The third kappa shape index (κ3) is 5.00. The molecule has 0 unspecified atom stereocenters. The van der Waals surface area contributed by atoms with Crippen LogP contribution in [0.5, 0.6) is 0 Å². The molecule has 158 valence electrons. The van der Waals surface area contributed by atoms with Gasteiger partial charge in [-0.1, -0.05) is 60.7 Å². The predicted molar refractivity (Wildman–Crippen MR) is 120 cm³/mol. The summed E-state index contributed by atoms with van der Waals surface area (Å²) in [6.45, 7) is 0. The number of hydrogen-bond acceptors (Lipinski definition) is 3.